The molecule has 31 heavy (non-hydrogen) atoms. The van der Waals surface area contributed by atoms with Gasteiger partial charge < -0.3 is 14.2 Å². The van der Waals surface area contributed by atoms with Crippen molar-refractivity contribution >= 4 is 11.9 Å². The Morgan fingerprint density at radius 3 is 2.42 bits per heavy atom. The molecule has 0 atom stereocenters. The molecule has 0 radical (unpaired) electrons. The average molecular weight is 420 g/mol. The summed E-state index contributed by atoms with van der Waals surface area (Å²) in [5, 5.41) is 11.0. The summed E-state index contributed by atoms with van der Waals surface area (Å²) in [6.45, 7) is 2.45. The monoisotopic (exact) mass is 420 g/mol. The lowest BCUT2D eigenvalue weighted by atomic mass is 10.1. The number of nitro groups is 1. The van der Waals surface area contributed by atoms with Gasteiger partial charge in [-0.1, -0.05) is 18.2 Å². The Balaban J connectivity index is 1.71. The van der Waals surface area contributed by atoms with Gasteiger partial charge in [-0.15, -0.1) is 0 Å². The Hall–Kier alpha value is -3.87. The van der Waals surface area contributed by atoms with Crippen LogP contribution in [0.25, 0.3) is 0 Å². The van der Waals surface area contributed by atoms with Crippen LogP contribution in [0.15, 0.2) is 65.7 Å². The first-order chi connectivity index (χ1) is 15.0. The highest BCUT2D eigenvalue weighted by molar-refractivity contribution is 5.80. The minimum atomic E-state index is -0.407. The average Bonchev–Trinajstić information content (AvgIpc) is 2.78. The van der Waals surface area contributed by atoms with Crippen LogP contribution in [0.5, 0.6) is 17.2 Å². The summed E-state index contributed by atoms with van der Waals surface area (Å²) in [6.07, 6.45) is 1.80. The fourth-order valence-corrected chi connectivity index (χ4v) is 3.16. The minimum Gasteiger partial charge on any atom is -0.496 e. The number of nitro benzene ring substituents is 1. The minimum absolute atomic E-state index is 0.0678. The predicted octanol–water partition coefficient (Wildman–Crippen LogP) is 5.12. The highest BCUT2D eigenvalue weighted by atomic mass is 16.6. The van der Waals surface area contributed by atoms with E-state index in [1.165, 1.54) is 6.07 Å². The lowest BCUT2D eigenvalue weighted by Crippen LogP contribution is -2.01. The Morgan fingerprint density at radius 1 is 0.968 bits per heavy atom. The van der Waals surface area contributed by atoms with Gasteiger partial charge in [-0.3, -0.25) is 15.1 Å². The zero-order chi connectivity index (χ0) is 22.2. The number of aliphatic imine (C=N–C) groups is 1. The third-order valence-corrected chi connectivity index (χ3v) is 4.76. The maximum Gasteiger partial charge on any atom is 0.272 e. The van der Waals surface area contributed by atoms with E-state index in [2.05, 4.69) is 4.99 Å². The summed E-state index contributed by atoms with van der Waals surface area (Å²) < 4.78 is 16.6. The Morgan fingerprint density at radius 2 is 1.71 bits per heavy atom. The molecule has 0 amide bonds. The summed E-state index contributed by atoms with van der Waals surface area (Å²) in [4.78, 5) is 15.1. The number of para-hydroxylation sites is 1. The zero-order valence-corrected chi connectivity index (χ0v) is 17.7. The van der Waals surface area contributed by atoms with Gasteiger partial charge in [0.25, 0.3) is 5.69 Å². The largest absolute Gasteiger partial charge is 0.496 e. The Kier molecular flexibility index (Phi) is 7.22. The fourth-order valence-electron chi connectivity index (χ4n) is 3.16. The molecule has 3 aromatic rings. The molecule has 160 valence electrons. The first kappa shape index (κ1) is 21.8. The smallest absolute Gasteiger partial charge is 0.272 e. The van der Waals surface area contributed by atoms with Gasteiger partial charge in [-0.25, -0.2) is 0 Å². The zero-order valence-electron chi connectivity index (χ0n) is 17.7. The van der Waals surface area contributed by atoms with Crippen LogP contribution < -0.4 is 14.2 Å². The van der Waals surface area contributed by atoms with Crippen LogP contribution >= 0.6 is 0 Å². The van der Waals surface area contributed by atoms with Crippen LogP contribution in [0, 0.1) is 17.0 Å². The van der Waals surface area contributed by atoms with E-state index in [0.29, 0.717) is 23.6 Å². The number of ether oxygens (including phenoxy) is 3. The lowest BCUT2D eigenvalue weighted by molar-refractivity contribution is -0.385. The molecule has 0 saturated heterocycles. The number of hydrogen-bond acceptors (Lipinski definition) is 6. The maximum absolute atomic E-state index is 11.0. The van der Waals surface area contributed by atoms with Crippen LogP contribution in [0.1, 0.15) is 22.3 Å². The van der Waals surface area contributed by atoms with Crippen molar-refractivity contribution in [2.75, 3.05) is 14.2 Å². The van der Waals surface area contributed by atoms with Crippen LogP contribution in [0.3, 0.4) is 0 Å². The van der Waals surface area contributed by atoms with Gasteiger partial charge in [-0.05, 0) is 48.9 Å². The third kappa shape index (κ3) is 5.60. The molecular weight excluding hydrogens is 396 g/mol. The topological polar surface area (TPSA) is 83.2 Å². The first-order valence-electron chi connectivity index (χ1n) is 9.68. The first-order valence-corrected chi connectivity index (χ1v) is 9.68. The number of rotatable bonds is 9. The SMILES string of the molecule is COc1ccccc1CN=Cc1ccc(OC)c(COc2ccc([N+](=O)[O-])c(C)c2)c1. The highest BCUT2D eigenvalue weighted by Gasteiger charge is 2.11. The summed E-state index contributed by atoms with van der Waals surface area (Å²) in [7, 11) is 3.25. The van der Waals surface area contributed by atoms with Gasteiger partial charge in [0.1, 0.15) is 23.9 Å². The van der Waals surface area contributed by atoms with E-state index in [0.717, 1.165) is 22.4 Å². The number of hydrogen-bond donors (Lipinski definition) is 0. The standard InChI is InChI=1S/C24H24N2O5/c1-17-12-21(9-10-22(17)26(27)28)31-16-20-13-18(8-11-24(20)30-3)14-25-15-19-6-4-5-7-23(19)29-2/h4-14H,15-16H2,1-3H3. The number of nitrogens with zero attached hydrogens (tertiary/aromatic N) is 2. The van der Waals surface area contributed by atoms with Crippen molar-refractivity contribution in [3.63, 3.8) is 0 Å². The molecule has 0 N–H and O–H groups in total. The second-order valence-electron chi connectivity index (χ2n) is 6.85. The molecule has 0 unspecified atom stereocenters. The van der Waals surface area contributed by atoms with Crippen molar-refractivity contribution in [1.29, 1.82) is 0 Å². The van der Waals surface area contributed by atoms with Crippen LogP contribution in [0.4, 0.5) is 5.69 Å². The van der Waals surface area contributed by atoms with Gasteiger partial charge in [0, 0.05) is 29.0 Å². The van der Waals surface area contributed by atoms with Crippen LogP contribution in [-0.4, -0.2) is 25.4 Å². The van der Waals surface area contributed by atoms with Crippen molar-refractivity contribution in [2.24, 2.45) is 4.99 Å². The van der Waals surface area contributed by atoms with Crippen molar-refractivity contribution in [3.8, 4) is 17.2 Å². The molecule has 0 heterocycles. The second-order valence-corrected chi connectivity index (χ2v) is 6.85. The van der Waals surface area contributed by atoms with Crippen molar-refractivity contribution in [2.45, 2.75) is 20.1 Å². The van der Waals surface area contributed by atoms with Crippen LogP contribution in [-0.2, 0) is 13.2 Å². The molecular formula is C24H24N2O5. The van der Waals surface area contributed by atoms with Gasteiger partial charge in [-0.2, -0.15) is 0 Å². The second kappa shape index (κ2) is 10.2. The van der Waals surface area contributed by atoms with Gasteiger partial charge >= 0.3 is 0 Å². The molecule has 0 aliphatic carbocycles. The quantitative estimate of drug-likeness (QED) is 0.273. The molecule has 0 saturated carbocycles. The lowest BCUT2D eigenvalue weighted by Gasteiger charge is -2.12. The van der Waals surface area contributed by atoms with E-state index in [-0.39, 0.29) is 12.3 Å². The van der Waals surface area contributed by atoms with E-state index < -0.39 is 4.92 Å². The van der Waals surface area contributed by atoms with Crippen molar-refractivity contribution < 1.29 is 19.1 Å². The van der Waals surface area contributed by atoms with E-state index >= 15 is 0 Å². The van der Waals surface area contributed by atoms with Gasteiger partial charge in [0.15, 0.2) is 0 Å². The molecule has 0 aromatic heterocycles. The number of aryl methyl sites for hydroxylation is 1. The molecule has 0 aliphatic heterocycles. The maximum atomic E-state index is 11.0. The van der Waals surface area contributed by atoms with Crippen molar-refractivity contribution in [1.82, 2.24) is 0 Å². The van der Waals surface area contributed by atoms with E-state index in [9.17, 15) is 10.1 Å². The highest BCUT2D eigenvalue weighted by Crippen LogP contribution is 2.26. The Bertz CT molecular complexity index is 1100. The fraction of sp³-hybridized carbons (Fsp3) is 0.208. The predicted molar refractivity (Wildman–Crippen MR) is 119 cm³/mol. The molecule has 3 rings (SSSR count). The van der Waals surface area contributed by atoms with E-state index in [4.69, 9.17) is 14.2 Å². The molecule has 7 heteroatoms. The molecule has 0 spiro atoms. The van der Waals surface area contributed by atoms with Crippen molar-refractivity contribution in [3.05, 3.63) is 93.0 Å². The summed E-state index contributed by atoms with van der Waals surface area (Å²) in [5.74, 6) is 2.06. The molecule has 0 fully saturated rings. The van der Waals surface area contributed by atoms with Crippen LogP contribution in [0.2, 0.25) is 0 Å². The Labute approximate surface area is 181 Å². The summed E-state index contributed by atoms with van der Waals surface area (Å²) in [6, 6.07) is 18.2. The van der Waals surface area contributed by atoms with Gasteiger partial charge in [0.05, 0.1) is 25.7 Å². The number of benzene rings is 3. The van der Waals surface area contributed by atoms with E-state index in [1.807, 2.05) is 42.5 Å². The van der Waals surface area contributed by atoms with Gasteiger partial charge in [0.2, 0.25) is 0 Å². The molecule has 0 bridgehead atoms. The molecule has 3 aromatic carbocycles. The third-order valence-electron chi connectivity index (χ3n) is 4.76. The number of methoxy groups -OCH3 is 2. The normalized spacial score (nSPS) is 10.8. The summed E-state index contributed by atoms with van der Waals surface area (Å²) in [5.41, 5.74) is 3.38. The molecule has 7 nitrogen and oxygen atoms in total. The molecule has 0 aliphatic rings. The summed E-state index contributed by atoms with van der Waals surface area (Å²) >= 11 is 0. The van der Waals surface area contributed by atoms with E-state index in [1.54, 1.807) is 39.5 Å².